The number of carbonyl (C=O) groups excluding carboxylic acids is 1. The number of carbonyl (C=O) groups is 1. The standard InChI is InChI=1S/C31H32N2O6/c34-31(10-7-23-6-9-30-25(17-23)11-13-33(39-30)21-28-4-2-15-36-28)37-16-12-24-5-8-29-26(18-24)19-32(22-38-29)20-27-3-1-14-35-27/h1-6,8-9,14-15,17-18H,7,10-13,16,19-22H2. The number of hydrogen-bond acceptors (Lipinski definition) is 8. The second-order valence-electron chi connectivity index (χ2n) is 9.98. The lowest BCUT2D eigenvalue weighted by Gasteiger charge is -2.28. The number of rotatable bonds is 10. The van der Waals surface area contributed by atoms with Gasteiger partial charge in [-0.2, -0.15) is 0 Å². The Hall–Kier alpha value is -4.01. The number of hydrogen-bond donors (Lipinski definition) is 0. The molecule has 4 heterocycles. The summed E-state index contributed by atoms with van der Waals surface area (Å²) in [6.07, 6.45) is 5.91. The number of fused-ring (bicyclic) bond motifs is 2. The summed E-state index contributed by atoms with van der Waals surface area (Å²) in [6, 6.07) is 20.0. The van der Waals surface area contributed by atoms with Crippen molar-refractivity contribution in [3.8, 4) is 11.5 Å². The quantitative estimate of drug-likeness (QED) is 0.257. The van der Waals surface area contributed by atoms with E-state index < -0.39 is 0 Å². The molecule has 2 aliphatic rings. The highest BCUT2D eigenvalue weighted by Crippen LogP contribution is 2.28. The Labute approximate surface area is 227 Å². The molecular formula is C31H32N2O6. The molecule has 0 unspecified atom stereocenters. The van der Waals surface area contributed by atoms with E-state index in [9.17, 15) is 4.79 Å². The topological polar surface area (TPSA) is 77.5 Å². The van der Waals surface area contributed by atoms with Crippen LogP contribution in [0.4, 0.5) is 0 Å². The number of hydroxylamine groups is 2. The summed E-state index contributed by atoms with van der Waals surface area (Å²) in [7, 11) is 0. The summed E-state index contributed by atoms with van der Waals surface area (Å²) in [5.41, 5.74) is 4.54. The molecule has 0 saturated heterocycles. The second kappa shape index (κ2) is 11.8. The molecule has 0 amide bonds. The Morgan fingerprint density at radius 1 is 0.846 bits per heavy atom. The molecule has 202 valence electrons. The molecule has 0 spiro atoms. The highest BCUT2D eigenvalue weighted by molar-refractivity contribution is 5.69. The van der Waals surface area contributed by atoms with Gasteiger partial charge in [-0.1, -0.05) is 24.3 Å². The zero-order chi connectivity index (χ0) is 26.4. The first-order chi connectivity index (χ1) is 19.2. The summed E-state index contributed by atoms with van der Waals surface area (Å²) in [6.45, 7) is 3.79. The SMILES string of the molecule is O=C(CCc1ccc2c(c1)CCN(Cc1ccco1)O2)OCCc1ccc2c(c1)CN(Cc1ccco1)CO2. The molecule has 8 heteroatoms. The van der Waals surface area contributed by atoms with E-state index in [0.29, 0.717) is 45.7 Å². The van der Waals surface area contributed by atoms with Crippen molar-refractivity contribution >= 4 is 5.97 Å². The number of esters is 1. The lowest BCUT2D eigenvalue weighted by atomic mass is 10.0. The van der Waals surface area contributed by atoms with Gasteiger partial charge in [0.15, 0.2) is 5.75 Å². The van der Waals surface area contributed by atoms with Crippen LogP contribution >= 0.6 is 0 Å². The fourth-order valence-electron chi connectivity index (χ4n) is 5.02. The second-order valence-corrected chi connectivity index (χ2v) is 9.98. The van der Waals surface area contributed by atoms with Gasteiger partial charge >= 0.3 is 5.97 Å². The van der Waals surface area contributed by atoms with Crippen LogP contribution in [-0.2, 0) is 48.4 Å². The van der Waals surface area contributed by atoms with Crippen molar-refractivity contribution in [1.82, 2.24) is 9.96 Å². The molecule has 0 saturated carbocycles. The first-order valence-electron chi connectivity index (χ1n) is 13.4. The van der Waals surface area contributed by atoms with Crippen molar-refractivity contribution < 1.29 is 27.9 Å². The maximum atomic E-state index is 12.4. The van der Waals surface area contributed by atoms with Crippen LogP contribution in [0.25, 0.3) is 0 Å². The van der Waals surface area contributed by atoms with E-state index in [2.05, 4.69) is 17.0 Å². The largest absolute Gasteiger partial charge is 0.478 e. The van der Waals surface area contributed by atoms with Gasteiger partial charge in [-0.3, -0.25) is 9.69 Å². The number of ether oxygens (including phenoxy) is 2. The summed E-state index contributed by atoms with van der Waals surface area (Å²) < 4.78 is 22.3. The summed E-state index contributed by atoms with van der Waals surface area (Å²) in [5, 5.41) is 1.91. The van der Waals surface area contributed by atoms with E-state index in [0.717, 1.165) is 64.8 Å². The van der Waals surface area contributed by atoms with Gasteiger partial charge in [-0.15, -0.1) is 5.06 Å². The number of benzene rings is 2. The molecule has 8 nitrogen and oxygen atoms in total. The monoisotopic (exact) mass is 528 g/mol. The molecule has 2 aromatic heterocycles. The molecule has 2 aliphatic heterocycles. The van der Waals surface area contributed by atoms with Crippen molar-refractivity contribution in [3.63, 3.8) is 0 Å². The highest BCUT2D eigenvalue weighted by atomic mass is 16.7. The van der Waals surface area contributed by atoms with Crippen molar-refractivity contribution in [2.24, 2.45) is 0 Å². The molecule has 0 radical (unpaired) electrons. The zero-order valence-corrected chi connectivity index (χ0v) is 21.8. The Morgan fingerprint density at radius 3 is 2.38 bits per heavy atom. The number of aryl methyl sites for hydroxylation is 1. The molecule has 0 atom stereocenters. The van der Waals surface area contributed by atoms with Gasteiger partial charge in [-0.25, -0.2) is 0 Å². The third-order valence-electron chi connectivity index (χ3n) is 7.05. The number of furan rings is 2. The zero-order valence-electron chi connectivity index (χ0n) is 21.8. The van der Waals surface area contributed by atoms with E-state index in [4.69, 9.17) is 23.1 Å². The van der Waals surface area contributed by atoms with Crippen LogP contribution in [0.1, 0.15) is 40.2 Å². The van der Waals surface area contributed by atoms with Gasteiger partial charge in [-0.05, 0) is 65.9 Å². The lowest BCUT2D eigenvalue weighted by molar-refractivity contribution is -0.143. The predicted molar refractivity (Wildman–Crippen MR) is 143 cm³/mol. The summed E-state index contributed by atoms with van der Waals surface area (Å²) in [5.74, 6) is 3.38. The summed E-state index contributed by atoms with van der Waals surface area (Å²) in [4.78, 5) is 20.6. The highest BCUT2D eigenvalue weighted by Gasteiger charge is 2.20. The van der Waals surface area contributed by atoms with Crippen LogP contribution in [0.3, 0.4) is 0 Å². The first-order valence-corrected chi connectivity index (χ1v) is 13.4. The fourth-order valence-corrected chi connectivity index (χ4v) is 5.02. The molecule has 2 aromatic carbocycles. The Balaban J connectivity index is 0.939. The smallest absolute Gasteiger partial charge is 0.306 e. The van der Waals surface area contributed by atoms with Crippen LogP contribution in [0.2, 0.25) is 0 Å². The van der Waals surface area contributed by atoms with Crippen molar-refractivity contribution in [2.45, 2.75) is 45.3 Å². The van der Waals surface area contributed by atoms with Crippen LogP contribution in [-0.4, -0.2) is 35.8 Å². The van der Waals surface area contributed by atoms with Crippen LogP contribution in [0.5, 0.6) is 11.5 Å². The van der Waals surface area contributed by atoms with Gasteiger partial charge in [0.1, 0.15) is 24.0 Å². The Bertz CT molecular complexity index is 1380. The van der Waals surface area contributed by atoms with E-state index in [-0.39, 0.29) is 5.97 Å². The van der Waals surface area contributed by atoms with Crippen LogP contribution in [0, 0.1) is 0 Å². The van der Waals surface area contributed by atoms with Crippen molar-refractivity contribution in [2.75, 3.05) is 19.9 Å². The van der Waals surface area contributed by atoms with Crippen molar-refractivity contribution in [3.05, 3.63) is 107 Å². The third kappa shape index (κ3) is 6.53. The maximum Gasteiger partial charge on any atom is 0.306 e. The van der Waals surface area contributed by atoms with E-state index in [1.165, 1.54) is 0 Å². The van der Waals surface area contributed by atoms with Gasteiger partial charge in [0.2, 0.25) is 0 Å². The predicted octanol–water partition coefficient (Wildman–Crippen LogP) is 5.30. The molecular weight excluding hydrogens is 496 g/mol. The molecule has 0 fully saturated rings. The van der Waals surface area contributed by atoms with Gasteiger partial charge in [0.05, 0.1) is 32.2 Å². The first kappa shape index (κ1) is 25.3. The Kier molecular flexibility index (Phi) is 7.65. The maximum absolute atomic E-state index is 12.4. The molecule has 4 aromatic rings. The minimum Gasteiger partial charge on any atom is -0.478 e. The molecule has 0 aliphatic carbocycles. The third-order valence-corrected chi connectivity index (χ3v) is 7.05. The van der Waals surface area contributed by atoms with Gasteiger partial charge in [0, 0.05) is 31.5 Å². The lowest BCUT2D eigenvalue weighted by Crippen LogP contribution is -2.33. The molecule has 0 N–H and O–H groups in total. The minimum atomic E-state index is -0.181. The average molecular weight is 529 g/mol. The molecule has 6 rings (SSSR count). The van der Waals surface area contributed by atoms with Crippen LogP contribution < -0.4 is 9.57 Å². The van der Waals surface area contributed by atoms with E-state index in [1.807, 2.05) is 53.6 Å². The minimum absolute atomic E-state index is 0.181. The number of nitrogens with zero attached hydrogens (tertiary/aromatic N) is 2. The molecule has 0 bridgehead atoms. The van der Waals surface area contributed by atoms with Gasteiger partial charge in [0.25, 0.3) is 0 Å². The van der Waals surface area contributed by atoms with Crippen molar-refractivity contribution in [1.29, 1.82) is 0 Å². The molecule has 39 heavy (non-hydrogen) atoms. The van der Waals surface area contributed by atoms with Crippen LogP contribution in [0.15, 0.2) is 82.0 Å². The average Bonchev–Trinajstić information content (AvgIpc) is 3.66. The van der Waals surface area contributed by atoms with E-state index >= 15 is 0 Å². The Morgan fingerprint density at radius 2 is 1.59 bits per heavy atom. The van der Waals surface area contributed by atoms with E-state index in [1.54, 1.807) is 12.5 Å². The fraction of sp³-hybridized carbons (Fsp3) is 0.323. The summed E-state index contributed by atoms with van der Waals surface area (Å²) >= 11 is 0. The van der Waals surface area contributed by atoms with Gasteiger partial charge < -0.3 is 23.1 Å². The normalized spacial score (nSPS) is 15.2.